The topological polar surface area (TPSA) is 58.4 Å². The maximum atomic E-state index is 12.8. The second kappa shape index (κ2) is 8.19. The lowest BCUT2D eigenvalue weighted by atomic mass is 9.84. The van der Waals surface area contributed by atoms with E-state index < -0.39 is 11.7 Å². The van der Waals surface area contributed by atoms with Gasteiger partial charge in [-0.1, -0.05) is 12.1 Å². The van der Waals surface area contributed by atoms with Crippen molar-refractivity contribution in [3.05, 3.63) is 35.4 Å². The van der Waals surface area contributed by atoms with E-state index in [4.69, 9.17) is 5.73 Å². The van der Waals surface area contributed by atoms with E-state index in [2.05, 4.69) is 10.2 Å². The number of nitrogens with two attached hydrogens (primary N) is 1. The van der Waals surface area contributed by atoms with Crippen LogP contribution in [0.1, 0.15) is 43.4 Å². The van der Waals surface area contributed by atoms with Crippen LogP contribution >= 0.6 is 0 Å². The van der Waals surface area contributed by atoms with Gasteiger partial charge < -0.3 is 11.1 Å². The molecule has 1 aliphatic heterocycles. The van der Waals surface area contributed by atoms with E-state index in [1.165, 1.54) is 0 Å². The Kier molecular flexibility index (Phi) is 6.46. The van der Waals surface area contributed by atoms with Gasteiger partial charge in [0.2, 0.25) is 5.91 Å². The minimum atomic E-state index is -4.33. The summed E-state index contributed by atoms with van der Waals surface area (Å²) in [6, 6.07) is 5.15. The highest BCUT2D eigenvalue weighted by Crippen LogP contribution is 2.36. The minimum absolute atomic E-state index is 0.00775. The Morgan fingerprint density at radius 2 is 2.00 bits per heavy atom. The summed E-state index contributed by atoms with van der Waals surface area (Å²) in [5, 5.41) is 2.91. The molecule has 7 heteroatoms. The number of piperidine rings is 1. The lowest BCUT2D eigenvalue weighted by Gasteiger charge is -2.39. The van der Waals surface area contributed by atoms with Crippen LogP contribution in [0.25, 0.3) is 0 Å². The largest absolute Gasteiger partial charge is 0.416 e. The van der Waals surface area contributed by atoms with Crippen LogP contribution in [0.2, 0.25) is 0 Å². The fourth-order valence-electron chi connectivity index (χ4n) is 3.48. The summed E-state index contributed by atoms with van der Waals surface area (Å²) in [6.45, 7) is 3.16. The Balaban J connectivity index is 2.10. The zero-order valence-electron chi connectivity index (χ0n) is 14.6. The molecule has 0 radical (unpaired) electrons. The van der Waals surface area contributed by atoms with Crippen molar-refractivity contribution < 1.29 is 18.0 Å². The second-order valence-electron chi connectivity index (χ2n) is 6.93. The number of halogens is 3. The van der Waals surface area contributed by atoms with Crippen molar-refractivity contribution in [1.29, 1.82) is 0 Å². The Hall–Kier alpha value is -1.60. The van der Waals surface area contributed by atoms with Crippen LogP contribution < -0.4 is 11.1 Å². The van der Waals surface area contributed by atoms with Gasteiger partial charge in [-0.05, 0) is 57.0 Å². The summed E-state index contributed by atoms with van der Waals surface area (Å²) in [6.07, 6.45) is -2.13. The van der Waals surface area contributed by atoms with Crippen molar-refractivity contribution in [2.24, 2.45) is 11.7 Å². The van der Waals surface area contributed by atoms with Crippen LogP contribution in [0.3, 0.4) is 0 Å². The van der Waals surface area contributed by atoms with Gasteiger partial charge in [0.05, 0.1) is 5.56 Å². The maximum absolute atomic E-state index is 12.8. The van der Waals surface area contributed by atoms with Crippen molar-refractivity contribution in [3.63, 3.8) is 0 Å². The Morgan fingerprint density at radius 3 is 2.56 bits per heavy atom. The number of benzene rings is 1. The molecule has 1 saturated heterocycles. The average Bonchev–Trinajstić information content (AvgIpc) is 2.51. The first-order valence-corrected chi connectivity index (χ1v) is 8.58. The number of hydrogen-bond acceptors (Lipinski definition) is 3. The number of nitrogens with zero attached hydrogens (tertiary/aromatic N) is 1. The SMILES string of the molecule is CC(N)CC(=O)NCC1CCCN(C)C1c1ccc(C(F)(F)F)cc1. The van der Waals surface area contributed by atoms with Gasteiger partial charge in [0.1, 0.15) is 0 Å². The number of amides is 1. The standard InChI is InChI=1S/C18H26F3N3O/c1-12(22)10-16(25)23-11-14-4-3-9-24(2)17(14)13-5-7-15(8-6-13)18(19,20)21/h5-8,12,14,17H,3-4,9-11,22H2,1-2H3,(H,23,25). The number of likely N-dealkylation sites (tertiary alicyclic amines) is 1. The lowest BCUT2D eigenvalue weighted by Crippen LogP contribution is -2.42. The van der Waals surface area contributed by atoms with Gasteiger partial charge in [-0.2, -0.15) is 13.2 Å². The molecule has 140 valence electrons. The molecule has 1 aliphatic rings. The third kappa shape index (κ3) is 5.44. The molecule has 1 heterocycles. The fraction of sp³-hybridized carbons (Fsp3) is 0.611. The molecular formula is C18H26F3N3O. The highest BCUT2D eigenvalue weighted by atomic mass is 19.4. The van der Waals surface area contributed by atoms with E-state index in [1.54, 1.807) is 19.1 Å². The third-order valence-electron chi connectivity index (χ3n) is 4.66. The number of nitrogens with one attached hydrogen (secondary N) is 1. The summed E-state index contributed by atoms with van der Waals surface area (Å²) in [4.78, 5) is 14.0. The summed E-state index contributed by atoms with van der Waals surface area (Å²) in [5.74, 6) is 0.0712. The minimum Gasteiger partial charge on any atom is -0.356 e. The summed E-state index contributed by atoms with van der Waals surface area (Å²) in [7, 11) is 1.97. The highest BCUT2D eigenvalue weighted by Gasteiger charge is 2.33. The lowest BCUT2D eigenvalue weighted by molar-refractivity contribution is -0.137. The van der Waals surface area contributed by atoms with Gasteiger partial charge in [0.15, 0.2) is 0 Å². The van der Waals surface area contributed by atoms with Gasteiger partial charge in [0.25, 0.3) is 0 Å². The molecule has 4 nitrogen and oxygen atoms in total. The van der Waals surface area contributed by atoms with Gasteiger partial charge in [-0.15, -0.1) is 0 Å². The molecule has 0 spiro atoms. The van der Waals surface area contributed by atoms with Gasteiger partial charge in [0, 0.05) is 25.0 Å². The molecule has 0 bridgehead atoms. The first-order chi connectivity index (χ1) is 11.7. The predicted octanol–water partition coefficient (Wildman–Crippen LogP) is 2.94. The van der Waals surface area contributed by atoms with Gasteiger partial charge in [-0.25, -0.2) is 0 Å². The van der Waals surface area contributed by atoms with E-state index in [9.17, 15) is 18.0 Å². The zero-order valence-corrected chi connectivity index (χ0v) is 14.6. The normalized spacial score (nSPS) is 23.3. The summed E-state index contributed by atoms with van der Waals surface area (Å²) < 4.78 is 38.3. The van der Waals surface area contributed by atoms with Gasteiger partial charge >= 0.3 is 6.18 Å². The van der Waals surface area contributed by atoms with Crippen molar-refractivity contribution in [2.75, 3.05) is 20.1 Å². The fourth-order valence-corrected chi connectivity index (χ4v) is 3.48. The van der Waals surface area contributed by atoms with Crippen molar-refractivity contribution in [1.82, 2.24) is 10.2 Å². The second-order valence-corrected chi connectivity index (χ2v) is 6.93. The molecule has 25 heavy (non-hydrogen) atoms. The third-order valence-corrected chi connectivity index (χ3v) is 4.66. The molecule has 1 aromatic carbocycles. The van der Waals surface area contributed by atoms with E-state index in [1.807, 2.05) is 7.05 Å². The van der Waals surface area contributed by atoms with E-state index in [-0.39, 0.29) is 30.3 Å². The molecule has 1 amide bonds. The molecule has 2 rings (SSSR count). The quantitative estimate of drug-likeness (QED) is 0.852. The predicted molar refractivity (Wildman–Crippen MR) is 90.8 cm³/mol. The first-order valence-electron chi connectivity index (χ1n) is 8.58. The highest BCUT2D eigenvalue weighted by molar-refractivity contribution is 5.76. The van der Waals surface area contributed by atoms with Gasteiger partial charge in [-0.3, -0.25) is 9.69 Å². The number of hydrogen-bond donors (Lipinski definition) is 2. The number of carbonyl (C=O) groups excluding carboxylic acids is 1. The van der Waals surface area contributed by atoms with Crippen LogP contribution in [0, 0.1) is 5.92 Å². The smallest absolute Gasteiger partial charge is 0.356 e. The summed E-state index contributed by atoms with van der Waals surface area (Å²) in [5.41, 5.74) is 5.84. The van der Waals surface area contributed by atoms with Crippen molar-refractivity contribution >= 4 is 5.91 Å². The molecule has 1 aromatic rings. The number of alkyl halides is 3. The Labute approximate surface area is 146 Å². The molecule has 0 aliphatic carbocycles. The molecule has 0 aromatic heterocycles. The number of rotatable bonds is 5. The van der Waals surface area contributed by atoms with E-state index >= 15 is 0 Å². The molecule has 0 saturated carbocycles. The first kappa shape index (κ1) is 19.7. The van der Waals surface area contributed by atoms with Crippen LogP contribution in [-0.2, 0) is 11.0 Å². The van der Waals surface area contributed by atoms with Crippen molar-refractivity contribution in [3.8, 4) is 0 Å². The Morgan fingerprint density at radius 1 is 1.36 bits per heavy atom. The van der Waals surface area contributed by atoms with Crippen LogP contribution in [0.15, 0.2) is 24.3 Å². The zero-order chi connectivity index (χ0) is 18.6. The molecule has 3 unspecified atom stereocenters. The molecule has 3 N–H and O–H groups in total. The van der Waals surface area contributed by atoms with Crippen molar-refractivity contribution in [2.45, 2.75) is 44.4 Å². The average molecular weight is 357 g/mol. The maximum Gasteiger partial charge on any atom is 0.416 e. The number of carbonyl (C=O) groups is 1. The Bertz CT molecular complexity index is 572. The summed E-state index contributed by atoms with van der Waals surface area (Å²) >= 11 is 0. The van der Waals surface area contributed by atoms with E-state index in [0.29, 0.717) is 6.54 Å². The monoisotopic (exact) mass is 357 g/mol. The molecular weight excluding hydrogens is 331 g/mol. The molecule has 1 fully saturated rings. The van der Waals surface area contributed by atoms with Crippen LogP contribution in [0.4, 0.5) is 13.2 Å². The molecule has 3 atom stereocenters. The van der Waals surface area contributed by atoms with Crippen LogP contribution in [-0.4, -0.2) is 37.0 Å². The van der Waals surface area contributed by atoms with E-state index in [0.717, 1.165) is 37.1 Å². The van der Waals surface area contributed by atoms with Crippen LogP contribution in [0.5, 0.6) is 0 Å².